The van der Waals surface area contributed by atoms with Gasteiger partial charge in [0.05, 0.1) is 12.6 Å². The zero-order valence-corrected chi connectivity index (χ0v) is 16.0. The smallest absolute Gasteiger partial charge is 0.390 e. The van der Waals surface area contributed by atoms with Gasteiger partial charge in [-0.05, 0) is 31.7 Å². The molecule has 0 saturated heterocycles. The lowest BCUT2D eigenvalue weighted by Gasteiger charge is -2.27. The zero-order chi connectivity index (χ0) is 19.4. The van der Waals surface area contributed by atoms with Crippen molar-refractivity contribution in [1.82, 2.24) is 14.6 Å². The van der Waals surface area contributed by atoms with Crippen LogP contribution in [-0.2, 0) is 6.54 Å². The summed E-state index contributed by atoms with van der Waals surface area (Å²) in [6.45, 7) is 2.54. The molecule has 1 heterocycles. The topological polar surface area (TPSA) is 71.5 Å². The highest BCUT2D eigenvalue weighted by molar-refractivity contribution is 6.30. The SMILES string of the molecule is CC(c1ccc(Cl)cc1)N(C)CC(O)Cn1c(-c2ccccc2)noc1=O. The minimum absolute atomic E-state index is 0.0877. The normalized spacial score (nSPS) is 13.7. The first-order chi connectivity index (χ1) is 13.0. The Morgan fingerprint density at radius 2 is 1.85 bits per heavy atom. The predicted octanol–water partition coefficient (Wildman–Crippen LogP) is 3.21. The Morgan fingerprint density at radius 3 is 2.52 bits per heavy atom. The summed E-state index contributed by atoms with van der Waals surface area (Å²) in [4.78, 5) is 14.0. The number of benzene rings is 2. The highest BCUT2D eigenvalue weighted by Crippen LogP contribution is 2.21. The van der Waals surface area contributed by atoms with Crippen molar-refractivity contribution in [3.8, 4) is 11.4 Å². The van der Waals surface area contributed by atoms with E-state index < -0.39 is 11.9 Å². The third-order valence-corrected chi connectivity index (χ3v) is 4.88. The number of aromatic nitrogens is 2. The molecule has 0 radical (unpaired) electrons. The minimum atomic E-state index is -0.760. The Hall–Kier alpha value is -2.41. The number of hydrogen-bond donors (Lipinski definition) is 1. The number of nitrogens with zero attached hydrogens (tertiary/aromatic N) is 3. The third kappa shape index (κ3) is 4.66. The summed E-state index contributed by atoms with van der Waals surface area (Å²) in [6, 6.07) is 17.0. The average Bonchev–Trinajstić information content (AvgIpc) is 3.03. The average molecular weight is 388 g/mol. The maximum atomic E-state index is 12.0. The second-order valence-electron chi connectivity index (χ2n) is 6.57. The van der Waals surface area contributed by atoms with Crippen molar-refractivity contribution >= 4 is 11.6 Å². The molecule has 7 heteroatoms. The van der Waals surface area contributed by atoms with Crippen LogP contribution in [0.15, 0.2) is 63.9 Å². The molecule has 0 amide bonds. The molecule has 2 atom stereocenters. The molecule has 2 aromatic carbocycles. The lowest BCUT2D eigenvalue weighted by molar-refractivity contribution is 0.0926. The van der Waals surface area contributed by atoms with Gasteiger partial charge < -0.3 is 5.11 Å². The van der Waals surface area contributed by atoms with Gasteiger partial charge in [0.1, 0.15) is 0 Å². The quantitative estimate of drug-likeness (QED) is 0.674. The first-order valence-corrected chi connectivity index (χ1v) is 9.09. The first-order valence-electron chi connectivity index (χ1n) is 8.71. The van der Waals surface area contributed by atoms with Crippen LogP contribution < -0.4 is 5.76 Å². The molecule has 0 spiro atoms. The van der Waals surface area contributed by atoms with Gasteiger partial charge >= 0.3 is 5.76 Å². The number of halogens is 1. The van der Waals surface area contributed by atoms with Gasteiger partial charge in [0.15, 0.2) is 5.82 Å². The molecule has 1 aromatic heterocycles. The molecule has 0 saturated carbocycles. The summed E-state index contributed by atoms with van der Waals surface area (Å²) in [5, 5.41) is 15.1. The Balaban J connectivity index is 1.69. The highest BCUT2D eigenvalue weighted by atomic mass is 35.5. The Labute approximate surface area is 162 Å². The molecule has 6 nitrogen and oxygen atoms in total. The van der Waals surface area contributed by atoms with E-state index in [1.807, 2.05) is 66.5 Å². The van der Waals surface area contributed by atoms with Gasteiger partial charge in [-0.2, -0.15) is 0 Å². The molecule has 0 fully saturated rings. The van der Waals surface area contributed by atoms with E-state index in [9.17, 15) is 9.90 Å². The summed E-state index contributed by atoms with van der Waals surface area (Å²) < 4.78 is 6.17. The van der Waals surface area contributed by atoms with E-state index in [0.29, 0.717) is 17.4 Å². The van der Waals surface area contributed by atoms with E-state index in [1.54, 1.807) is 0 Å². The zero-order valence-electron chi connectivity index (χ0n) is 15.2. The Morgan fingerprint density at radius 1 is 1.19 bits per heavy atom. The maximum absolute atomic E-state index is 12.0. The monoisotopic (exact) mass is 387 g/mol. The molecule has 3 aromatic rings. The van der Waals surface area contributed by atoms with Gasteiger partial charge in [-0.3, -0.25) is 14.0 Å². The molecular weight excluding hydrogens is 366 g/mol. The van der Waals surface area contributed by atoms with Crippen LogP contribution in [-0.4, -0.2) is 39.4 Å². The van der Waals surface area contributed by atoms with Crippen LogP contribution in [0.25, 0.3) is 11.4 Å². The van der Waals surface area contributed by atoms with Crippen molar-refractivity contribution in [2.45, 2.75) is 25.6 Å². The fourth-order valence-electron chi connectivity index (χ4n) is 2.98. The second kappa shape index (κ2) is 8.52. The number of aliphatic hydroxyl groups excluding tert-OH is 1. The van der Waals surface area contributed by atoms with Crippen molar-refractivity contribution < 1.29 is 9.63 Å². The second-order valence-corrected chi connectivity index (χ2v) is 7.01. The number of hydrogen-bond acceptors (Lipinski definition) is 5. The fraction of sp³-hybridized carbons (Fsp3) is 0.300. The molecule has 27 heavy (non-hydrogen) atoms. The van der Waals surface area contributed by atoms with Crippen molar-refractivity contribution in [2.75, 3.05) is 13.6 Å². The van der Waals surface area contributed by atoms with Crippen LogP contribution in [0.5, 0.6) is 0 Å². The van der Waals surface area contributed by atoms with Crippen LogP contribution in [0.1, 0.15) is 18.5 Å². The van der Waals surface area contributed by atoms with E-state index in [1.165, 1.54) is 4.57 Å². The van der Waals surface area contributed by atoms with E-state index in [0.717, 1.165) is 11.1 Å². The molecule has 2 unspecified atom stereocenters. The Bertz CT molecular complexity index is 922. The van der Waals surface area contributed by atoms with Gasteiger partial charge in [0.25, 0.3) is 0 Å². The van der Waals surface area contributed by atoms with E-state index in [4.69, 9.17) is 16.1 Å². The van der Waals surface area contributed by atoms with Gasteiger partial charge in [0, 0.05) is 23.2 Å². The van der Waals surface area contributed by atoms with Crippen molar-refractivity contribution in [1.29, 1.82) is 0 Å². The minimum Gasteiger partial charge on any atom is -0.390 e. The molecule has 1 N–H and O–H groups in total. The fourth-order valence-corrected chi connectivity index (χ4v) is 3.10. The summed E-state index contributed by atoms with van der Waals surface area (Å²) in [5.41, 5.74) is 1.86. The van der Waals surface area contributed by atoms with Crippen LogP contribution in [0.3, 0.4) is 0 Å². The van der Waals surface area contributed by atoms with Crippen molar-refractivity contribution in [2.24, 2.45) is 0 Å². The van der Waals surface area contributed by atoms with Gasteiger partial charge in [0.2, 0.25) is 0 Å². The van der Waals surface area contributed by atoms with Crippen LogP contribution in [0.2, 0.25) is 5.02 Å². The van der Waals surface area contributed by atoms with Crippen LogP contribution in [0.4, 0.5) is 0 Å². The van der Waals surface area contributed by atoms with Crippen molar-refractivity contribution in [3.05, 3.63) is 75.7 Å². The summed E-state index contributed by atoms with van der Waals surface area (Å²) in [5.74, 6) is -0.172. The molecule has 142 valence electrons. The number of likely N-dealkylation sites (N-methyl/N-ethyl adjacent to an activating group) is 1. The summed E-state index contributed by atoms with van der Waals surface area (Å²) in [7, 11) is 1.93. The van der Waals surface area contributed by atoms with E-state index >= 15 is 0 Å². The summed E-state index contributed by atoms with van der Waals surface area (Å²) in [6.07, 6.45) is -0.760. The summed E-state index contributed by atoms with van der Waals surface area (Å²) >= 11 is 5.94. The molecule has 0 aliphatic heterocycles. The molecule has 0 aliphatic rings. The predicted molar refractivity (Wildman–Crippen MR) is 105 cm³/mol. The lowest BCUT2D eigenvalue weighted by atomic mass is 10.1. The van der Waals surface area contributed by atoms with Gasteiger partial charge in [-0.25, -0.2) is 4.79 Å². The standard InChI is InChI=1S/C20H22ClN3O3/c1-14(15-8-10-17(21)11-9-15)23(2)12-18(25)13-24-19(22-27-20(24)26)16-6-4-3-5-7-16/h3-11,14,18,25H,12-13H2,1-2H3. The molecule has 0 bridgehead atoms. The van der Waals surface area contributed by atoms with Gasteiger partial charge in [-0.1, -0.05) is 59.2 Å². The molecular formula is C20H22ClN3O3. The largest absolute Gasteiger partial charge is 0.441 e. The van der Waals surface area contributed by atoms with Crippen molar-refractivity contribution in [3.63, 3.8) is 0 Å². The molecule has 3 rings (SSSR count). The first kappa shape index (κ1) is 19.4. The highest BCUT2D eigenvalue weighted by Gasteiger charge is 2.19. The number of rotatable bonds is 7. The van der Waals surface area contributed by atoms with Gasteiger partial charge in [-0.15, -0.1) is 0 Å². The van der Waals surface area contributed by atoms with Crippen LogP contribution in [0, 0.1) is 0 Å². The van der Waals surface area contributed by atoms with E-state index in [-0.39, 0.29) is 12.6 Å². The van der Waals surface area contributed by atoms with Crippen LogP contribution >= 0.6 is 11.6 Å². The maximum Gasteiger partial charge on any atom is 0.441 e. The lowest BCUT2D eigenvalue weighted by Crippen LogP contribution is -2.35. The van der Waals surface area contributed by atoms with E-state index in [2.05, 4.69) is 12.1 Å². The third-order valence-electron chi connectivity index (χ3n) is 4.62. The molecule has 0 aliphatic carbocycles. The number of aliphatic hydroxyl groups is 1. The Kier molecular flexibility index (Phi) is 6.11.